The number of benzene rings is 4. The highest BCUT2D eigenvalue weighted by molar-refractivity contribution is 7.86. The van der Waals surface area contributed by atoms with Gasteiger partial charge >= 0.3 is 0 Å². The van der Waals surface area contributed by atoms with Gasteiger partial charge in [-0.05, 0) is 70.2 Å². The number of nitrogens with zero attached hydrogens (tertiary/aromatic N) is 12. The summed E-state index contributed by atoms with van der Waals surface area (Å²) in [6.07, 6.45) is 0. The van der Waals surface area contributed by atoms with Crippen molar-refractivity contribution in [2.75, 3.05) is 92.0 Å². The van der Waals surface area contributed by atoms with Crippen molar-refractivity contribution < 1.29 is 32.7 Å². The summed E-state index contributed by atoms with van der Waals surface area (Å²) < 4.78 is 46.6. The van der Waals surface area contributed by atoms with Crippen LogP contribution in [0.25, 0.3) is 20.4 Å². The molecule has 0 saturated carbocycles. The Bertz CT molecular complexity index is 3130. The number of aromatic nitrogens is 5. The molecule has 3 heterocycles. The Morgan fingerprint density at radius 3 is 1.59 bits per heavy atom. The first-order valence-electron chi connectivity index (χ1n) is 21.4. The van der Waals surface area contributed by atoms with Gasteiger partial charge < -0.3 is 45.0 Å². The third-order valence-electron chi connectivity index (χ3n) is 10.5. The number of hydrogen-bond donors (Lipinski definition) is 5. The number of ether oxygens (including phenoxy) is 2. The van der Waals surface area contributed by atoms with Gasteiger partial charge in [0.25, 0.3) is 10.1 Å². The first-order valence-corrected chi connectivity index (χ1v) is 25.2. The van der Waals surface area contributed by atoms with Crippen LogP contribution in [0.3, 0.4) is 0 Å². The van der Waals surface area contributed by atoms with E-state index in [0.29, 0.717) is 69.6 Å². The fraction of sp³-hybridized carbons (Fsp3) is 0.326. The van der Waals surface area contributed by atoms with Crippen molar-refractivity contribution in [3.05, 3.63) is 64.6 Å². The van der Waals surface area contributed by atoms with E-state index in [-0.39, 0.29) is 65.5 Å². The van der Waals surface area contributed by atoms with Gasteiger partial charge in [0.15, 0.2) is 0 Å². The molecular weight excluding hydrogens is 992 g/mol. The van der Waals surface area contributed by atoms with E-state index in [2.05, 4.69) is 50.9 Å². The van der Waals surface area contributed by atoms with E-state index in [1.54, 1.807) is 37.3 Å². The van der Waals surface area contributed by atoms with Crippen LogP contribution in [0.2, 0.25) is 10.0 Å². The zero-order valence-corrected chi connectivity index (χ0v) is 42.1. The molecule has 0 aliphatic rings. The van der Waals surface area contributed by atoms with Crippen LogP contribution >= 0.6 is 45.9 Å². The molecule has 364 valence electrons. The largest absolute Gasteiger partial charge is 0.494 e. The third-order valence-corrected chi connectivity index (χ3v) is 13.8. The first kappa shape index (κ1) is 50.7. The lowest BCUT2D eigenvalue weighted by Gasteiger charge is -2.25. The molecule has 0 fully saturated rings. The standard InChI is InChI=1S/C43H48Cl2N14O7S3/c1-7-57(8-2)32-19-27(29(21-34(32)65-5)53-55-42-48-26-12-11-24(44)17-36(26)67-42)46-39-50-40(52-41(51-39)59(13-15-60)14-16-61)47-28-20-33(58(9-3)10-4)35(66-6)22-30(28)54-56-43-49-31-23-38(69(62,63)64)25(45)18-37(31)68-43/h11-12,17-23,60-61H,7-10,13-16H2,1-6H3,(H,62,63,64)(H2,46,47,50,51,52)/b55-53+,56-54+. The van der Waals surface area contributed by atoms with E-state index in [9.17, 15) is 23.2 Å². The molecule has 0 radical (unpaired) electrons. The van der Waals surface area contributed by atoms with E-state index in [1.807, 2.05) is 52.0 Å². The van der Waals surface area contributed by atoms with E-state index >= 15 is 0 Å². The van der Waals surface area contributed by atoms with Crippen LogP contribution in [0.5, 0.6) is 11.5 Å². The van der Waals surface area contributed by atoms with Gasteiger partial charge in [-0.25, -0.2) is 9.97 Å². The number of anilines is 7. The number of aliphatic hydroxyl groups is 2. The summed E-state index contributed by atoms with van der Waals surface area (Å²) in [6.45, 7) is 10.3. The quantitative estimate of drug-likeness (QED) is 0.0312. The summed E-state index contributed by atoms with van der Waals surface area (Å²) in [5.74, 6) is 1.25. The maximum atomic E-state index is 11.9. The summed E-state index contributed by atoms with van der Waals surface area (Å²) >= 11 is 14.9. The predicted molar refractivity (Wildman–Crippen MR) is 273 cm³/mol. The highest BCUT2D eigenvalue weighted by Gasteiger charge is 2.22. The van der Waals surface area contributed by atoms with Gasteiger partial charge in [-0.2, -0.15) is 23.4 Å². The molecule has 7 rings (SSSR count). The second-order valence-electron chi connectivity index (χ2n) is 14.6. The van der Waals surface area contributed by atoms with Gasteiger partial charge in [0, 0.05) is 56.4 Å². The molecule has 0 bridgehead atoms. The van der Waals surface area contributed by atoms with Crippen molar-refractivity contribution in [1.82, 2.24) is 24.9 Å². The van der Waals surface area contributed by atoms with Gasteiger partial charge in [0.05, 0.1) is 75.6 Å². The minimum Gasteiger partial charge on any atom is -0.494 e. The Labute approximate surface area is 415 Å². The number of halogens is 2. The van der Waals surface area contributed by atoms with E-state index in [4.69, 9.17) is 47.6 Å². The summed E-state index contributed by atoms with van der Waals surface area (Å²) in [6, 6.07) is 15.1. The normalized spacial score (nSPS) is 11.9. The van der Waals surface area contributed by atoms with Crippen molar-refractivity contribution in [2.45, 2.75) is 32.6 Å². The molecule has 3 aromatic heterocycles. The molecule has 0 spiro atoms. The molecule has 0 aliphatic carbocycles. The van der Waals surface area contributed by atoms with Crippen molar-refractivity contribution in [1.29, 1.82) is 0 Å². The van der Waals surface area contributed by atoms with Crippen LogP contribution in [-0.2, 0) is 10.1 Å². The Balaban J connectivity index is 1.35. The number of aliphatic hydroxyl groups excluding tert-OH is 2. The van der Waals surface area contributed by atoms with Gasteiger partial charge in [-0.15, -0.1) is 20.5 Å². The highest BCUT2D eigenvalue weighted by atomic mass is 35.5. The van der Waals surface area contributed by atoms with Gasteiger partial charge in [-0.1, -0.05) is 45.9 Å². The molecule has 0 amide bonds. The van der Waals surface area contributed by atoms with Crippen molar-refractivity contribution in [3.8, 4) is 11.5 Å². The molecule has 7 aromatic rings. The molecule has 0 atom stereocenters. The lowest BCUT2D eigenvalue weighted by Crippen LogP contribution is -2.31. The zero-order valence-electron chi connectivity index (χ0n) is 38.2. The third kappa shape index (κ3) is 11.8. The van der Waals surface area contributed by atoms with Gasteiger partial charge in [0.1, 0.15) is 27.8 Å². The SMILES string of the molecule is CCN(CC)c1cc(Nc2nc(Nc3cc(N(CC)CC)c(OC)cc3/N=N/c3nc4cc(S(=O)(=O)O)c(Cl)cc4s3)nc(N(CCO)CCO)n2)c(/N=N/c2nc3ccc(Cl)cc3s2)cc1OC. The van der Waals surface area contributed by atoms with E-state index in [1.165, 1.54) is 23.5 Å². The molecule has 5 N–H and O–H groups in total. The van der Waals surface area contributed by atoms with Crippen LogP contribution in [-0.4, -0.2) is 115 Å². The lowest BCUT2D eigenvalue weighted by molar-refractivity contribution is 0.280. The van der Waals surface area contributed by atoms with Crippen molar-refractivity contribution in [3.63, 3.8) is 0 Å². The molecule has 4 aromatic carbocycles. The van der Waals surface area contributed by atoms with Crippen LogP contribution in [0.15, 0.2) is 79.9 Å². The average Bonchev–Trinajstić information content (AvgIpc) is 3.93. The van der Waals surface area contributed by atoms with Gasteiger partial charge in [-0.3, -0.25) is 4.55 Å². The summed E-state index contributed by atoms with van der Waals surface area (Å²) in [5, 5.41) is 45.9. The van der Waals surface area contributed by atoms with Crippen LogP contribution in [0, 0.1) is 0 Å². The number of methoxy groups -OCH3 is 2. The number of thiazole rings is 2. The highest BCUT2D eigenvalue weighted by Crippen LogP contribution is 2.44. The average molecular weight is 1040 g/mol. The molecule has 26 heteroatoms. The zero-order chi connectivity index (χ0) is 49.4. The second kappa shape index (κ2) is 22.5. The maximum absolute atomic E-state index is 11.9. The Hall–Kier alpha value is -6.12. The number of hydrogen-bond acceptors (Lipinski definition) is 22. The minimum absolute atomic E-state index is 0.0386. The molecule has 0 saturated heterocycles. The molecule has 0 aliphatic heterocycles. The number of rotatable bonds is 22. The smallest absolute Gasteiger partial charge is 0.296 e. The molecular formula is C43H48Cl2N14O7S3. The maximum Gasteiger partial charge on any atom is 0.296 e. The lowest BCUT2D eigenvalue weighted by atomic mass is 10.2. The van der Waals surface area contributed by atoms with Crippen LogP contribution < -0.4 is 34.8 Å². The van der Waals surface area contributed by atoms with Crippen LogP contribution in [0.4, 0.5) is 62.2 Å². The number of fused-ring (bicyclic) bond motifs is 2. The van der Waals surface area contributed by atoms with E-state index < -0.39 is 15.0 Å². The number of nitrogens with one attached hydrogen (secondary N) is 2. The summed E-state index contributed by atoms with van der Waals surface area (Å²) in [4.78, 5) is 28.7. The van der Waals surface area contributed by atoms with Crippen molar-refractivity contribution in [2.24, 2.45) is 20.5 Å². The Kier molecular flexibility index (Phi) is 16.6. The van der Waals surface area contributed by atoms with Crippen LogP contribution in [0.1, 0.15) is 27.7 Å². The summed E-state index contributed by atoms with van der Waals surface area (Å²) in [7, 11) is -1.49. The fourth-order valence-corrected chi connectivity index (χ4v) is 10.1. The fourth-order valence-electron chi connectivity index (χ4n) is 7.12. The first-order chi connectivity index (χ1) is 33.2. The monoisotopic (exact) mass is 1040 g/mol. The number of azo groups is 2. The topological polar surface area (TPSA) is 261 Å². The minimum atomic E-state index is -4.62. The van der Waals surface area contributed by atoms with Crippen molar-refractivity contribution >= 4 is 139 Å². The van der Waals surface area contributed by atoms with E-state index in [0.717, 1.165) is 32.9 Å². The molecule has 69 heavy (non-hydrogen) atoms. The Morgan fingerprint density at radius 1 is 0.638 bits per heavy atom. The summed E-state index contributed by atoms with van der Waals surface area (Å²) in [5.41, 5.74) is 3.93. The Morgan fingerprint density at radius 2 is 1.13 bits per heavy atom. The second-order valence-corrected chi connectivity index (χ2v) is 18.9. The predicted octanol–water partition coefficient (Wildman–Crippen LogP) is 10.5. The van der Waals surface area contributed by atoms with Gasteiger partial charge in [0.2, 0.25) is 28.1 Å². The molecule has 0 unspecified atom stereocenters. The molecule has 21 nitrogen and oxygen atoms in total.